The maximum absolute atomic E-state index is 10.6. The third-order valence-corrected chi connectivity index (χ3v) is 3.62. The van der Waals surface area contributed by atoms with Gasteiger partial charge in [0.1, 0.15) is 18.5 Å². The Kier molecular flexibility index (Phi) is 8.11. The van der Waals surface area contributed by atoms with E-state index in [1.807, 2.05) is 31.5 Å². The second-order valence-electron chi connectivity index (χ2n) is 5.78. The smallest absolute Gasteiger partial charge is 0.269 e. The van der Waals surface area contributed by atoms with Crippen LogP contribution in [0.15, 0.2) is 53.8 Å². The largest absolute Gasteiger partial charge is 0.491 e. The molecule has 2 rings (SSSR count). The van der Waals surface area contributed by atoms with Crippen LogP contribution in [-0.4, -0.2) is 52.9 Å². The van der Waals surface area contributed by atoms with Crippen LogP contribution in [0, 0.1) is 10.1 Å². The topological polar surface area (TPSA) is 114 Å². The lowest BCUT2D eigenvalue weighted by Crippen LogP contribution is -2.39. The maximum atomic E-state index is 10.6. The summed E-state index contributed by atoms with van der Waals surface area (Å²) in [5.74, 6) is 1.08. The number of rotatable bonds is 10. The highest BCUT2D eigenvalue weighted by Gasteiger charge is 2.08. The van der Waals surface area contributed by atoms with Crippen molar-refractivity contribution in [3.63, 3.8) is 0 Å². The minimum atomic E-state index is -0.792. The first-order chi connectivity index (χ1) is 13.1. The van der Waals surface area contributed by atoms with E-state index in [-0.39, 0.29) is 18.8 Å². The highest BCUT2D eigenvalue weighted by molar-refractivity contribution is 5.79. The number of aliphatic hydroxyl groups is 1. The van der Waals surface area contributed by atoms with Crippen molar-refractivity contribution in [3.05, 3.63) is 58.9 Å². The molecule has 9 nitrogen and oxygen atoms in total. The first-order valence-corrected chi connectivity index (χ1v) is 8.76. The number of nitrogens with one attached hydrogen (secondary N) is 2. The van der Waals surface area contributed by atoms with Crippen molar-refractivity contribution < 1.29 is 14.8 Å². The SMILES string of the molecule is CCNC(=NCC(O)COc1ccc([N+](=O)[O-])cc1)NCCn1cccc1. The molecule has 2 aromatic rings. The van der Waals surface area contributed by atoms with Crippen LogP contribution in [0.3, 0.4) is 0 Å². The Morgan fingerprint density at radius 3 is 2.63 bits per heavy atom. The van der Waals surface area contributed by atoms with E-state index in [1.54, 1.807) is 0 Å². The molecule has 0 aliphatic carbocycles. The van der Waals surface area contributed by atoms with Gasteiger partial charge in [0.25, 0.3) is 5.69 Å². The third kappa shape index (κ3) is 7.37. The molecular formula is C18H25N5O4. The fraction of sp³-hybridized carbons (Fsp3) is 0.389. The van der Waals surface area contributed by atoms with Crippen molar-refractivity contribution in [1.82, 2.24) is 15.2 Å². The van der Waals surface area contributed by atoms with E-state index in [1.165, 1.54) is 24.3 Å². The van der Waals surface area contributed by atoms with Crippen molar-refractivity contribution in [3.8, 4) is 5.75 Å². The lowest BCUT2D eigenvalue weighted by atomic mass is 10.3. The molecule has 0 amide bonds. The summed E-state index contributed by atoms with van der Waals surface area (Å²) < 4.78 is 7.50. The van der Waals surface area contributed by atoms with E-state index in [2.05, 4.69) is 20.2 Å². The molecule has 146 valence electrons. The summed E-state index contributed by atoms with van der Waals surface area (Å²) in [6.07, 6.45) is 3.19. The molecule has 0 radical (unpaired) electrons. The van der Waals surface area contributed by atoms with Gasteiger partial charge in [-0.2, -0.15) is 0 Å². The number of non-ortho nitro benzene ring substituents is 1. The average Bonchev–Trinajstić information content (AvgIpc) is 3.18. The Morgan fingerprint density at radius 2 is 2.00 bits per heavy atom. The summed E-state index contributed by atoms with van der Waals surface area (Å²) in [5.41, 5.74) is -0.00577. The van der Waals surface area contributed by atoms with Crippen LogP contribution in [-0.2, 0) is 6.54 Å². The standard InChI is InChI=1S/C18H25N5O4/c1-2-19-18(20-9-12-22-10-3-4-11-22)21-13-16(24)14-27-17-7-5-15(6-8-17)23(25)26/h3-8,10-11,16,24H,2,9,12-14H2,1H3,(H2,19,20,21). The molecule has 0 saturated heterocycles. The van der Waals surface area contributed by atoms with E-state index < -0.39 is 11.0 Å². The van der Waals surface area contributed by atoms with Gasteiger partial charge < -0.3 is 25.0 Å². The zero-order valence-corrected chi connectivity index (χ0v) is 15.2. The van der Waals surface area contributed by atoms with E-state index >= 15 is 0 Å². The third-order valence-electron chi connectivity index (χ3n) is 3.62. The predicted octanol–water partition coefficient (Wildman–Crippen LogP) is 1.39. The second kappa shape index (κ2) is 10.8. The molecule has 0 spiro atoms. The van der Waals surface area contributed by atoms with E-state index in [0.717, 1.165) is 6.54 Å². The number of hydrogen-bond donors (Lipinski definition) is 3. The first kappa shape index (κ1) is 20.2. The lowest BCUT2D eigenvalue weighted by Gasteiger charge is -2.14. The molecule has 27 heavy (non-hydrogen) atoms. The lowest BCUT2D eigenvalue weighted by molar-refractivity contribution is -0.384. The fourth-order valence-corrected chi connectivity index (χ4v) is 2.27. The van der Waals surface area contributed by atoms with Crippen molar-refractivity contribution in [2.75, 3.05) is 26.2 Å². The Hall–Kier alpha value is -3.07. The van der Waals surface area contributed by atoms with Crippen molar-refractivity contribution in [2.24, 2.45) is 4.99 Å². The van der Waals surface area contributed by atoms with Gasteiger partial charge in [-0.25, -0.2) is 0 Å². The van der Waals surface area contributed by atoms with Gasteiger partial charge in [0.15, 0.2) is 5.96 Å². The zero-order valence-electron chi connectivity index (χ0n) is 15.2. The summed E-state index contributed by atoms with van der Waals surface area (Å²) in [5, 5.41) is 27.0. The van der Waals surface area contributed by atoms with E-state index in [9.17, 15) is 15.2 Å². The predicted molar refractivity (Wildman–Crippen MR) is 103 cm³/mol. The van der Waals surface area contributed by atoms with Crippen molar-refractivity contribution >= 4 is 11.6 Å². The van der Waals surface area contributed by atoms with Crippen LogP contribution < -0.4 is 15.4 Å². The number of guanidine groups is 1. The number of aliphatic imine (C=N–C) groups is 1. The molecule has 1 heterocycles. The number of nitro benzene ring substituents is 1. The van der Waals surface area contributed by atoms with Gasteiger partial charge in [0.05, 0.1) is 11.5 Å². The summed E-state index contributed by atoms with van der Waals surface area (Å²) in [6, 6.07) is 9.67. The minimum Gasteiger partial charge on any atom is -0.491 e. The van der Waals surface area contributed by atoms with Gasteiger partial charge >= 0.3 is 0 Å². The summed E-state index contributed by atoms with van der Waals surface area (Å²) in [4.78, 5) is 14.5. The van der Waals surface area contributed by atoms with Gasteiger partial charge in [-0.05, 0) is 31.2 Å². The first-order valence-electron chi connectivity index (χ1n) is 8.76. The Morgan fingerprint density at radius 1 is 1.30 bits per heavy atom. The molecule has 3 N–H and O–H groups in total. The quantitative estimate of drug-likeness (QED) is 0.250. The van der Waals surface area contributed by atoms with Crippen molar-refractivity contribution in [1.29, 1.82) is 0 Å². The Bertz CT molecular complexity index is 716. The molecule has 0 aliphatic rings. The number of ether oxygens (including phenoxy) is 1. The van der Waals surface area contributed by atoms with Gasteiger partial charge in [-0.3, -0.25) is 15.1 Å². The number of aliphatic hydroxyl groups excluding tert-OH is 1. The molecule has 0 aliphatic heterocycles. The summed E-state index contributed by atoms with van der Waals surface area (Å²) >= 11 is 0. The molecule has 9 heteroatoms. The average molecular weight is 375 g/mol. The number of nitrogens with zero attached hydrogens (tertiary/aromatic N) is 3. The van der Waals surface area contributed by atoms with Crippen LogP contribution in [0.4, 0.5) is 5.69 Å². The van der Waals surface area contributed by atoms with Gasteiger partial charge in [-0.15, -0.1) is 0 Å². The van der Waals surface area contributed by atoms with Crippen LogP contribution >= 0.6 is 0 Å². The van der Waals surface area contributed by atoms with Crippen molar-refractivity contribution in [2.45, 2.75) is 19.6 Å². The number of hydrogen-bond acceptors (Lipinski definition) is 5. The monoisotopic (exact) mass is 375 g/mol. The molecule has 1 aromatic heterocycles. The molecule has 0 fully saturated rings. The second-order valence-corrected chi connectivity index (χ2v) is 5.78. The van der Waals surface area contributed by atoms with Gasteiger partial charge in [0, 0.05) is 44.2 Å². The van der Waals surface area contributed by atoms with E-state index in [0.29, 0.717) is 24.8 Å². The summed E-state index contributed by atoms with van der Waals surface area (Å²) in [6.45, 7) is 4.41. The van der Waals surface area contributed by atoms with Gasteiger partial charge in [0.2, 0.25) is 0 Å². The molecule has 0 saturated carbocycles. The van der Waals surface area contributed by atoms with E-state index in [4.69, 9.17) is 4.74 Å². The Balaban J connectivity index is 1.75. The number of nitro groups is 1. The minimum absolute atomic E-state index is 0.00577. The Labute approximate surface area is 157 Å². The number of benzene rings is 1. The highest BCUT2D eigenvalue weighted by Crippen LogP contribution is 2.17. The highest BCUT2D eigenvalue weighted by atomic mass is 16.6. The number of aromatic nitrogens is 1. The van der Waals surface area contributed by atoms with Crippen LogP contribution in [0.1, 0.15) is 6.92 Å². The van der Waals surface area contributed by atoms with Crippen LogP contribution in [0.5, 0.6) is 5.75 Å². The van der Waals surface area contributed by atoms with Crippen LogP contribution in [0.25, 0.3) is 0 Å². The molecule has 1 unspecified atom stereocenters. The van der Waals surface area contributed by atoms with Crippen LogP contribution in [0.2, 0.25) is 0 Å². The summed E-state index contributed by atoms with van der Waals surface area (Å²) in [7, 11) is 0. The zero-order chi connectivity index (χ0) is 19.5. The molecular weight excluding hydrogens is 350 g/mol. The maximum Gasteiger partial charge on any atom is 0.269 e. The van der Waals surface area contributed by atoms with Gasteiger partial charge in [-0.1, -0.05) is 0 Å². The molecule has 1 atom stereocenters. The fourth-order valence-electron chi connectivity index (χ4n) is 2.27. The molecule has 0 bridgehead atoms. The molecule has 1 aromatic carbocycles. The normalized spacial score (nSPS) is 12.4.